The standard InChI is InChI=1S/C19H23NO8/c1-5-27-18(23)15(11(3)21)17(16(12(4)22)19(24)28-6-2)13-8-7-9-14(10-13)20(25)26/h7-10,15-17H,5-6H2,1-4H3/t15-,16+,17?. The van der Waals surface area contributed by atoms with Gasteiger partial charge in [-0.1, -0.05) is 12.1 Å². The van der Waals surface area contributed by atoms with Gasteiger partial charge in [-0.15, -0.1) is 0 Å². The molecular formula is C19H23NO8. The van der Waals surface area contributed by atoms with Crippen molar-refractivity contribution in [3.8, 4) is 0 Å². The first-order chi connectivity index (χ1) is 13.1. The van der Waals surface area contributed by atoms with E-state index in [1.807, 2.05) is 0 Å². The van der Waals surface area contributed by atoms with E-state index in [2.05, 4.69) is 0 Å². The van der Waals surface area contributed by atoms with E-state index >= 15 is 0 Å². The average Bonchev–Trinajstić information content (AvgIpc) is 2.61. The highest BCUT2D eigenvalue weighted by atomic mass is 16.6. The number of non-ortho nitro benzene ring substituents is 1. The maximum absolute atomic E-state index is 12.5. The number of ketones is 2. The third-order valence-corrected chi connectivity index (χ3v) is 4.14. The highest BCUT2D eigenvalue weighted by Crippen LogP contribution is 2.37. The summed E-state index contributed by atoms with van der Waals surface area (Å²) in [6.07, 6.45) is 0. The number of hydrogen-bond donors (Lipinski definition) is 0. The Morgan fingerprint density at radius 2 is 1.43 bits per heavy atom. The summed E-state index contributed by atoms with van der Waals surface area (Å²) in [6.45, 7) is 5.32. The first kappa shape index (κ1) is 22.9. The molecule has 0 heterocycles. The summed E-state index contributed by atoms with van der Waals surface area (Å²) in [5.41, 5.74) is -0.185. The second kappa shape index (κ2) is 10.3. The predicted molar refractivity (Wildman–Crippen MR) is 97.4 cm³/mol. The van der Waals surface area contributed by atoms with Crippen LogP contribution in [0.25, 0.3) is 0 Å². The van der Waals surface area contributed by atoms with Crippen LogP contribution in [-0.4, -0.2) is 41.6 Å². The molecule has 0 spiro atoms. The van der Waals surface area contributed by atoms with Crippen molar-refractivity contribution in [2.75, 3.05) is 13.2 Å². The van der Waals surface area contributed by atoms with Crippen molar-refractivity contribution < 1.29 is 33.6 Å². The lowest BCUT2D eigenvalue weighted by atomic mass is 9.73. The summed E-state index contributed by atoms with van der Waals surface area (Å²) in [5.74, 6) is -7.39. The first-order valence-electron chi connectivity index (χ1n) is 8.74. The normalized spacial score (nSPS) is 13.7. The SMILES string of the molecule is CCOC(=O)[C@@H](C(C)=O)C(c1cccc([N+](=O)[O-])c1)[C@@H](C(C)=O)C(=O)OCC. The molecule has 0 saturated carbocycles. The van der Waals surface area contributed by atoms with Gasteiger partial charge >= 0.3 is 11.9 Å². The van der Waals surface area contributed by atoms with Crippen LogP contribution in [0.2, 0.25) is 0 Å². The molecule has 0 aliphatic rings. The number of benzene rings is 1. The van der Waals surface area contributed by atoms with E-state index in [0.29, 0.717) is 0 Å². The van der Waals surface area contributed by atoms with Crippen LogP contribution in [0.5, 0.6) is 0 Å². The number of ether oxygens (including phenoxy) is 2. The van der Waals surface area contributed by atoms with E-state index in [1.54, 1.807) is 13.8 Å². The molecule has 0 N–H and O–H groups in total. The molecule has 0 aliphatic heterocycles. The van der Waals surface area contributed by atoms with Crippen molar-refractivity contribution in [1.82, 2.24) is 0 Å². The van der Waals surface area contributed by atoms with Gasteiger partial charge < -0.3 is 9.47 Å². The fraction of sp³-hybridized carbons (Fsp3) is 0.474. The van der Waals surface area contributed by atoms with Crippen molar-refractivity contribution >= 4 is 29.2 Å². The van der Waals surface area contributed by atoms with E-state index in [1.165, 1.54) is 18.2 Å². The molecule has 0 radical (unpaired) electrons. The van der Waals surface area contributed by atoms with Crippen LogP contribution in [0.4, 0.5) is 5.69 Å². The van der Waals surface area contributed by atoms with E-state index < -0.39 is 46.2 Å². The maximum atomic E-state index is 12.5. The number of hydrogen-bond acceptors (Lipinski definition) is 8. The number of nitro groups is 1. The summed E-state index contributed by atoms with van der Waals surface area (Å²) >= 11 is 0. The van der Waals surface area contributed by atoms with Gasteiger partial charge in [0.15, 0.2) is 0 Å². The van der Waals surface area contributed by atoms with E-state index in [4.69, 9.17) is 9.47 Å². The number of carbonyl (C=O) groups is 4. The molecule has 1 rings (SSSR count). The van der Waals surface area contributed by atoms with Crippen LogP contribution in [-0.2, 0) is 28.7 Å². The Hall–Kier alpha value is -3.10. The summed E-state index contributed by atoms with van der Waals surface area (Å²) < 4.78 is 9.92. The van der Waals surface area contributed by atoms with Gasteiger partial charge in [-0.05, 0) is 33.3 Å². The number of nitro benzene ring substituents is 1. The fourth-order valence-electron chi connectivity index (χ4n) is 3.02. The Bertz CT molecular complexity index is 737. The maximum Gasteiger partial charge on any atom is 0.317 e. The van der Waals surface area contributed by atoms with Crippen molar-refractivity contribution in [2.24, 2.45) is 11.8 Å². The van der Waals surface area contributed by atoms with Gasteiger partial charge in [-0.3, -0.25) is 29.3 Å². The van der Waals surface area contributed by atoms with Gasteiger partial charge in [0.05, 0.1) is 18.1 Å². The molecule has 9 heteroatoms. The summed E-state index contributed by atoms with van der Waals surface area (Å²) in [4.78, 5) is 60.1. The zero-order valence-corrected chi connectivity index (χ0v) is 16.2. The summed E-state index contributed by atoms with van der Waals surface area (Å²) in [5, 5.41) is 11.1. The Balaban J connectivity index is 3.68. The number of Topliss-reactive ketones (excluding diaryl/α,β-unsaturated/α-hetero) is 2. The van der Waals surface area contributed by atoms with Crippen LogP contribution in [0, 0.1) is 22.0 Å². The second-order valence-corrected chi connectivity index (χ2v) is 6.06. The molecule has 0 saturated heterocycles. The first-order valence-corrected chi connectivity index (χ1v) is 8.74. The van der Waals surface area contributed by atoms with Gasteiger partial charge in [0.25, 0.3) is 5.69 Å². The van der Waals surface area contributed by atoms with Crippen LogP contribution >= 0.6 is 0 Å². The minimum absolute atomic E-state index is 0.0194. The van der Waals surface area contributed by atoms with Crippen molar-refractivity contribution in [3.63, 3.8) is 0 Å². The van der Waals surface area contributed by atoms with Crippen LogP contribution in [0.1, 0.15) is 39.2 Å². The Morgan fingerprint density at radius 1 is 0.964 bits per heavy atom. The molecule has 0 amide bonds. The molecule has 152 valence electrons. The molecule has 1 aromatic carbocycles. The molecule has 0 bridgehead atoms. The van der Waals surface area contributed by atoms with Crippen LogP contribution in [0.3, 0.4) is 0 Å². The topological polar surface area (TPSA) is 130 Å². The predicted octanol–water partition coefficient (Wildman–Crippen LogP) is 2.21. The van der Waals surface area contributed by atoms with Gasteiger partial charge in [0, 0.05) is 18.1 Å². The Labute approximate surface area is 162 Å². The highest BCUT2D eigenvalue weighted by Gasteiger charge is 2.45. The Morgan fingerprint density at radius 3 is 1.79 bits per heavy atom. The van der Waals surface area contributed by atoms with E-state index in [9.17, 15) is 29.3 Å². The molecule has 0 aromatic heterocycles. The molecule has 28 heavy (non-hydrogen) atoms. The molecule has 0 fully saturated rings. The second-order valence-electron chi connectivity index (χ2n) is 6.06. The van der Waals surface area contributed by atoms with Gasteiger partial charge in [-0.2, -0.15) is 0 Å². The minimum atomic E-state index is -1.50. The lowest BCUT2D eigenvalue weighted by molar-refractivity contribution is -0.385. The van der Waals surface area contributed by atoms with Crippen molar-refractivity contribution in [3.05, 3.63) is 39.9 Å². The summed E-state index contributed by atoms with van der Waals surface area (Å²) in [7, 11) is 0. The third-order valence-electron chi connectivity index (χ3n) is 4.14. The third kappa shape index (κ3) is 5.45. The number of rotatable bonds is 10. The Kier molecular flexibility index (Phi) is 8.43. The zero-order chi connectivity index (χ0) is 21.4. The lowest BCUT2D eigenvalue weighted by Crippen LogP contribution is -2.40. The molecule has 0 aliphatic carbocycles. The zero-order valence-electron chi connectivity index (χ0n) is 16.2. The van der Waals surface area contributed by atoms with Crippen LogP contribution < -0.4 is 0 Å². The minimum Gasteiger partial charge on any atom is -0.465 e. The fourth-order valence-corrected chi connectivity index (χ4v) is 3.02. The molecule has 9 nitrogen and oxygen atoms in total. The quantitative estimate of drug-likeness (QED) is 0.256. The lowest BCUT2D eigenvalue weighted by Gasteiger charge is -2.29. The smallest absolute Gasteiger partial charge is 0.317 e. The monoisotopic (exact) mass is 393 g/mol. The van der Waals surface area contributed by atoms with E-state index in [-0.39, 0.29) is 24.5 Å². The van der Waals surface area contributed by atoms with Gasteiger partial charge in [0.2, 0.25) is 0 Å². The highest BCUT2D eigenvalue weighted by molar-refractivity contribution is 6.04. The van der Waals surface area contributed by atoms with Crippen molar-refractivity contribution in [1.29, 1.82) is 0 Å². The van der Waals surface area contributed by atoms with Gasteiger partial charge in [0.1, 0.15) is 23.4 Å². The molecular weight excluding hydrogens is 370 g/mol. The molecule has 1 unspecified atom stereocenters. The molecule has 3 atom stereocenters. The number of esters is 2. The molecule has 1 aromatic rings. The average molecular weight is 393 g/mol. The van der Waals surface area contributed by atoms with Crippen LogP contribution in [0.15, 0.2) is 24.3 Å². The number of nitrogens with zero attached hydrogens (tertiary/aromatic N) is 1. The van der Waals surface area contributed by atoms with Crippen molar-refractivity contribution in [2.45, 2.75) is 33.6 Å². The van der Waals surface area contributed by atoms with E-state index in [0.717, 1.165) is 19.9 Å². The largest absolute Gasteiger partial charge is 0.465 e. The summed E-state index contributed by atoms with van der Waals surface area (Å²) in [6, 6.07) is 5.13. The number of carbonyl (C=O) groups excluding carboxylic acids is 4. The van der Waals surface area contributed by atoms with Gasteiger partial charge in [-0.25, -0.2) is 0 Å².